The number of imidazole rings is 1. The van der Waals surface area contributed by atoms with Gasteiger partial charge in [-0.05, 0) is 59.4 Å². The van der Waals surface area contributed by atoms with E-state index in [1.165, 1.54) is 0 Å². The van der Waals surface area contributed by atoms with Crippen molar-refractivity contribution in [3.8, 4) is 22.6 Å². The maximum absolute atomic E-state index is 16.2. The minimum Gasteiger partial charge on any atom is -0.359 e. The average Bonchev–Trinajstić information content (AvgIpc) is 3.65. The molecule has 0 atom stereocenters. The standard InChI is InChI=1S/C30H30FN7S/c1-7-18(13-20(8-2)34-17(3)14-30(4,5)6)25-24(31)23-22(15-33-25)37-38-27(23)29-35-26-21(19-10-12-39-16-19)9-11-32-28(26)36-29/h7-13,15-16,34H,2-3,14H2,1,4-6H3,(H,37,38)(H,32,35,36)/b18-7+,20-13+. The van der Waals surface area contributed by atoms with Gasteiger partial charge in [-0.1, -0.05) is 40.0 Å². The van der Waals surface area contributed by atoms with Gasteiger partial charge in [-0.2, -0.15) is 16.4 Å². The monoisotopic (exact) mass is 539 g/mol. The number of nitrogens with one attached hydrogen (secondary N) is 3. The van der Waals surface area contributed by atoms with E-state index in [9.17, 15) is 0 Å². The summed E-state index contributed by atoms with van der Waals surface area (Å²) in [7, 11) is 0. The molecular formula is C30H30FN7S. The lowest BCUT2D eigenvalue weighted by molar-refractivity contribution is 0.403. The largest absolute Gasteiger partial charge is 0.359 e. The van der Waals surface area contributed by atoms with Crippen molar-refractivity contribution in [3.05, 3.63) is 89.6 Å². The Morgan fingerprint density at radius 3 is 2.74 bits per heavy atom. The molecule has 0 aliphatic heterocycles. The molecule has 5 heterocycles. The lowest BCUT2D eigenvalue weighted by atomic mass is 9.91. The summed E-state index contributed by atoms with van der Waals surface area (Å²) >= 11 is 1.61. The zero-order valence-electron chi connectivity index (χ0n) is 22.4. The van der Waals surface area contributed by atoms with Crippen molar-refractivity contribution in [3.63, 3.8) is 0 Å². The molecule has 3 N–H and O–H groups in total. The van der Waals surface area contributed by atoms with Gasteiger partial charge in [-0.25, -0.2) is 14.4 Å². The number of nitrogens with zero attached hydrogens (tertiary/aromatic N) is 4. The Kier molecular flexibility index (Phi) is 7.01. The summed E-state index contributed by atoms with van der Waals surface area (Å²) < 4.78 is 16.2. The summed E-state index contributed by atoms with van der Waals surface area (Å²) in [5.74, 6) is -0.0732. The molecule has 198 valence electrons. The highest BCUT2D eigenvalue weighted by Crippen LogP contribution is 2.34. The van der Waals surface area contributed by atoms with E-state index in [0.29, 0.717) is 39.3 Å². The molecule has 0 saturated heterocycles. The van der Waals surface area contributed by atoms with E-state index in [4.69, 9.17) is 0 Å². The first kappa shape index (κ1) is 26.2. The number of hydrogen-bond acceptors (Lipinski definition) is 6. The molecule has 0 aliphatic carbocycles. The van der Waals surface area contributed by atoms with Crippen LogP contribution in [0.3, 0.4) is 0 Å². The van der Waals surface area contributed by atoms with E-state index in [0.717, 1.165) is 28.8 Å². The second-order valence-corrected chi connectivity index (χ2v) is 11.2. The van der Waals surface area contributed by atoms with Gasteiger partial charge in [0.2, 0.25) is 0 Å². The van der Waals surface area contributed by atoms with E-state index < -0.39 is 5.82 Å². The number of H-pyrrole nitrogens is 2. The first-order valence-corrected chi connectivity index (χ1v) is 13.5. The van der Waals surface area contributed by atoms with Crippen molar-refractivity contribution in [1.82, 2.24) is 35.5 Å². The molecule has 0 aromatic carbocycles. The minimum atomic E-state index is -0.496. The highest BCUT2D eigenvalue weighted by molar-refractivity contribution is 7.08. The smallest absolute Gasteiger partial charge is 0.178 e. The maximum atomic E-state index is 16.2. The van der Waals surface area contributed by atoms with Gasteiger partial charge in [-0.15, -0.1) is 0 Å². The molecule has 9 heteroatoms. The van der Waals surface area contributed by atoms with E-state index in [2.05, 4.69) is 74.8 Å². The Hall–Kier alpha value is -4.37. The second-order valence-electron chi connectivity index (χ2n) is 10.5. The van der Waals surface area contributed by atoms with Crippen LogP contribution in [0.25, 0.3) is 50.3 Å². The van der Waals surface area contributed by atoms with Gasteiger partial charge >= 0.3 is 0 Å². The van der Waals surface area contributed by atoms with Gasteiger partial charge in [-0.3, -0.25) is 10.1 Å². The fourth-order valence-corrected chi connectivity index (χ4v) is 5.18. The van der Waals surface area contributed by atoms with Crippen LogP contribution in [0.5, 0.6) is 0 Å². The molecule has 0 radical (unpaired) electrons. The number of aromatic nitrogens is 6. The third-order valence-corrected chi connectivity index (χ3v) is 6.86. The van der Waals surface area contributed by atoms with Gasteiger partial charge in [0, 0.05) is 28.7 Å². The van der Waals surface area contributed by atoms with Crippen LogP contribution in [0.2, 0.25) is 0 Å². The minimum absolute atomic E-state index is 0.0762. The van der Waals surface area contributed by atoms with Crippen LogP contribution in [0.1, 0.15) is 39.8 Å². The maximum Gasteiger partial charge on any atom is 0.178 e. The number of aromatic amines is 2. The first-order valence-electron chi connectivity index (χ1n) is 12.5. The van der Waals surface area contributed by atoms with Crippen molar-refractivity contribution < 1.29 is 4.39 Å². The van der Waals surface area contributed by atoms with Crippen molar-refractivity contribution in [1.29, 1.82) is 0 Å². The molecule has 7 nitrogen and oxygen atoms in total. The summed E-state index contributed by atoms with van der Waals surface area (Å²) in [5, 5.41) is 15.0. The van der Waals surface area contributed by atoms with Crippen LogP contribution < -0.4 is 5.32 Å². The van der Waals surface area contributed by atoms with E-state index >= 15 is 4.39 Å². The molecule has 0 saturated carbocycles. The summed E-state index contributed by atoms with van der Waals surface area (Å²) in [6.07, 6.45) is 9.39. The highest BCUT2D eigenvalue weighted by atomic mass is 32.1. The molecule has 0 aliphatic rings. The number of rotatable bonds is 8. The van der Waals surface area contributed by atoms with E-state index in [1.54, 1.807) is 29.8 Å². The van der Waals surface area contributed by atoms with Crippen molar-refractivity contribution in [2.24, 2.45) is 5.41 Å². The topological polar surface area (TPSA) is 95.2 Å². The number of allylic oxidation sites excluding steroid dienone is 5. The second kappa shape index (κ2) is 10.4. The van der Waals surface area contributed by atoms with Crippen molar-refractivity contribution >= 4 is 39.0 Å². The van der Waals surface area contributed by atoms with Crippen LogP contribution in [0.15, 0.2) is 78.1 Å². The molecule has 0 unspecified atom stereocenters. The van der Waals surface area contributed by atoms with Gasteiger partial charge in [0.25, 0.3) is 0 Å². The molecule has 0 spiro atoms. The van der Waals surface area contributed by atoms with Crippen molar-refractivity contribution in [2.75, 3.05) is 0 Å². The number of pyridine rings is 2. The van der Waals surface area contributed by atoms with Crippen LogP contribution in [0, 0.1) is 11.2 Å². The van der Waals surface area contributed by atoms with Gasteiger partial charge in [0.1, 0.15) is 11.4 Å². The Bertz CT molecular complexity index is 1750. The average molecular weight is 540 g/mol. The normalized spacial score (nSPS) is 12.8. The molecule has 0 bridgehead atoms. The Balaban J connectivity index is 1.55. The van der Waals surface area contributed by atoms with Crippen LogP contribution in [-0.2, 0) is 0 Å². The van der Waals surface area contributed by atoms with Crippen LogP contribution in [-0.4, -0.2) is 30.1 Å². The molecule has 5 aromatic heterocycles. The fourth-order valence-electron chi connectivity index (χ4n) is 4.52. The summed E-state index contributed by atoms with van der Waals surface area (Å²) in [4.78, 5) is 16.8. The lowest BCUT2D eigenvalue weighted by Crippen LogP contribution is -2.16. The zero-order chi connectivity index (χ0) is 27.7. The first-order chi connectivity index (χ1) is 18.7. The van der Waals surface area contributed by atoms with Crippen LogP contribution in [0.4, 0.5) is 4.39 Å². The molecule has 0 amide bonds. The molecule has 39 heavy (non-hydrogen) atoms. The Morgan fingerprint density at radius 2 is 2.05 bits per heavy atom. The fraction of sp³-hybridized carbons (Fsp3) is 0.200. The quantitative estimate of drug-likeness (QED) is 0.175. The number of hydrogen-bond donors (Lipinski definition) is 3. The Morgan fingerprint density at radius 1 is 1.23 bits per heavy atom. The Labute approximate surface area is 230 Å². The summed E-state index contributed by atoms with van der Waals surface area (Å²) in [5.41, 5.74) is 6.60. The van der Waals surface area contributed by atoms with Gasteiger partial charge in [0.15, 0.2) is 17.3 Å². The number of thiophene rings is 1. The lowest BCUT2D eigenvalue weighted by Gasteiger charge is -2.21. The van der Waals surface area contributed by atoms with Gasteiger partial charge in [0.05, 0.1) is 22.6 Å². The number of halogens is 1. The zero-order valence-corrected chi connectivity index (χ0v) is 23.2. The van der Waals surface area contributed by atoms with E-state index in [1.807, 2.05) is 36.6 Å². The molecule has 0 fully saturated rings. The highest BCUT2D eigenvalue weighted by Gasteiger charge is 2.22. The van der Waals surface area contributed by atoms with Crippen molar-refractivity contribution in [2.45, 2.75) is 34.1 Å². The van der Waals surface area contributed by atoms with E-state index in [-0.39, 0.29) is 11.1 Å². The van der Waals surface area contributed by atoms with Crippen LogP contribution >= 0.6 is 11.3 Å². The third kappa shape index (κ3) is 5.31. The SMILES string of the molecule is C=C/C(=C\C(=C/C)c1ncc2[nH]nc(-c3nc4nccc(-c5ccsc5)c4[nH]3)c2c1F)NC(=C)CC(C)(C)C. The predicted molar refractivity (Wildman–Crippen MR) is 158 cm³/mol. The third-order valence-electron chi connectivity index (χ3n) is 6.17. The van der Waals surface area contributed by atoms with Gasteiger partial charge < -0.3 is 10.3 Å². The molecule has 5 aromatic rings. The predicted octanol–water partition coefficient (Wildman–Crippen LogP) is 7.78. The summed E-state index contributed by atoms with van der Waals surface area (Å²) in [6, 6.07) is 3.97. The molecular weight excluding hydrogens is 509 g/mol. The number of fused-ring (bicyclic) bond motifs is 2. The molecule has 5 rings (SSSR count). The summed E-state index contributed by atoms with van der Waals surface area (Å²) in [6.45, 7) is 16.3.